The number of nitrogens with zero attached hydrogens (tertiary/aromatic N) is 2. The topological polar surface area (TPSA) is 43.8 Å². The average Bonchev–Trinajstić information content (AvgIpc) is 2.55. The molecule has 0 unspecified atom stereocenters. The normalized spacial score (nSPS) is 11.1. The maximum absolute atomic E-state index is 6.18. The number of anilines is 1. The van der Waals surface area contributed by atoms with Crippen LogP contribution in [0.1, 0.15) is 31.3 Å². The SMILES string of the molecule is Cc1ccc(-c2nc(C)n(C(C)C)c2N)cc1. The van der Waals surface area contributed by atoms with E-state index in [2.05, 4.69) is 54.6 Å². The molecule has 3 nitrogen and oxygen atoms in total. The molecule has 1 aromatic heterocycles. The van der Waals surface area contributed by atoms with Gasteiger partial charge >= 0.3 is 0 Å². The summed E-state index contributed by atoms with van der Waals surface area (Å²) in [7, 11) is 0. The summed E-state index contributed by atoms with van der Waals surface area (Å²) in [4.78, 5) is 4.57. The monoisotopic (exact) mass is 229 g/mol. The molecular weight excluding hydrogens is 210 g/mol. The summed E-state index contributed by atoms with van der Waals surface area (Å²) < 4.78 is 2.06. The van der Waals surface area contributed by atoms with Gasteiger partial charge in [-0.1, -0.05) is 29.8 Å². The van der Waals surface area contributed by atoms with Gasteiger partial charge in [0.2, 0.25) is 0 Å². The highest BCUT2D eigenvalue weighted by atomic mass is 15.2. The quantitative estimate of drug-likeness (QED) is 0.858. The zero-order valence-corrected chi connectivity index (χ0v) is 10.9. The van der Waals surface area contributed by atoms with E-state index in [0.29, 0.717) is 6.04 Å². The first-order valence-electron chi connectivity index (χ1n) is 5.92. The zero-order valence-electron chi connectivity index (χ0n) is 10.9. The van der Waals surface area contributed by atoms with Crippen LogP contribution >= 0.6 is 0 Å². The van der Waals surface area contributed by atoms with Crippen LogP contribution in [0.5, 0.6) is 0 Å². The first-order valence-corrected chi connectivity index (χ1v) is 5.92. The minimum atomic E-state index is 0.335. The van der Waals surface area contributed by atoms with E-state index in [-0.39, 0.29) is 0 Å². The Morgan fingerprint density at radius 2 is 1.71 bits per heavy atom. The summed E-state index contributed by atoms with van der Waals surface area (Å²) in [5.41, 5.74) is 9.38. The van der Waals surface area contributed by atoms with Crippen LogP contribution in [0.25, 0.3) is 11.3 Å². The molecule has 1 aromatic carbocycles. The number of aromatic nitrogens is 2. The van der Waals surface area contributed by atoms with Crippen molar-refractivity contribution in [2.24, 2.45) is 0 Å². The van der Waals surface area contributed by atoms with Crippen LogP contribution in [0, 0.1) is 13.8 Å². The molecule has 0 radical (unpaired) electrons. The van der Waals surface area contributed by atoms with Crippen molar-refractivity contribution in [3.8, 4) is 11.3 Å². The predicted molar refractivity (Wildman–Crippen MR) is 71.9 cm³/mol. The molecule has 0 aliphatic carbocycles. The fraction of sp³-hybridized carbons (Fsp3) is 0.357. The molecule has 0 spiro atoms. The number of hydrogen-bond donors (Lipinski definition) is 1. The molecule has 17 heavy (non-hydrogen) atoms. The molecule has 0 saturated heterocycles. The standard InChI is InChI=1S/C14H19N3/c1-9(2)17-11(4)16-13(14(17)15)12-7-5-10(3)6-8-12/h5-9H,15H2,1-4H3. The number of rotatable bonds is 2. The maximum atomic E-state index is 6.18. The van der Waals surface area contributed by atoms with E-state index in [0.717, 1.165) is 22.9 Å². The third kappa shape index (κ3) is 2.05. The highest BCUT2D eigenvalue weighted by molar-refractivity contribution is 5.71. The molecule has 0 saturated carbocycles. The van der Waals surface area contributed by atoms with Gasteiger partial charge in [-0.3, -0.25) is 0 Å². The Bertz CT molecular complexity index is 521. The second-order valence-electron chi connectivity index (χ2n) is 4.72. The van der Waals surface area contributed by atoms with Crippen molar-refractivity contribution in [2.45, 2.75) is 33.7 Å². The fourth-order valence-corrected chi connectivity index (χ4v) is 2.14. The van der Waals surface area contributed by atoms with Crippen LogP contribution in [-0.2, 0) is 0 Å². The van der Waals surface area contributed by atoms with Gasteiger partial charge in [0, 0.05) is 11.6 Å². The highest BCUT2D eigenvalue weighted by Crippen LogP contribution is 2.28. The van der Waals surface area contributed by atoms with Crippen LogP contribution in [0.4, 0.5) is 5.82 Å². The highest BCUT2D eigenvalue weighted by Gasteiger charge is 2.15. The van der Waals surface area contributed by atoms with Gasteiger partial charge in [0.25, 0.3) is 0 Å². The van der Waals surface area contributed by atoms with Crippen molar-refractivity contribution < 1.29 is 0 Å². The summed E-state index contributed by atoms with van der Waals surface area (Å²) >= 11 is 0. The van der Waals surface area contributed by atoms with E-state index in [1.165, 1.54) is 5.56 Å². The number of nitrogen functional groups attached to an aromatic ring is 1. The van der Waals surface area contributed by atoms with E-state index >= 15 is 0 Å². The van der Waals surface area contributed by atoms with Crippen molar-refractivity contribution in [3.05, 3.63) is 35.7 Å². The lowest BCUT2D eigenvalue weighted by Crippen LogP contribution is -2.07. The minimum Gasteiger partial charge on any atom is -0.383 e. The van der Waals surface area contributed by atoms with Crippen molar-refractivity contribution >= 4 is 5.82 Å². The molecule has 1 heterocycles. The molecule has 0 fully saturated rings. The fourth-order valence-electron chi connectivity index (χ4n) is 2.14. The summed E-state index contributed by atoms with van der Waals surface area (Å²) in [5, 5.41) is 0. The van der Waals surface area contributed by atoms with E-state index < -0.39 is 0 Å². The second-order valence-corrected chi connectivity index (χ2v) is 4.72. The Labute approximate surface area is 102 Å². The first kappa shape index (κ1) is 11.7. The van der Waals surface area contributed by atoms with Crippen molar-refractivity contribution in [2.75, 3.05) is 5.73 Å². The Morgan fingerprint density at radius 1 is 1.12 bits per heavy atom. The summed E-state index contributed by atoms with van der Waals surface area (Å²) in [5.74, 6) is 1.72. The number of aryl methyl sites for hydroxylation is 2. The Morgan fingerprint density at radius 3 is 2.18 bits per heavy atom. The minimum absolute atomic E-state index is 0.335. The molecule has 3 heteroatoms. The first-order chi connectivity index (χ1) is 8.00. The Kier molecular flexibility index (Phi) is 2.92. The van der Waals surface area contributed by atoms with E-state index in [1.54, 1.807) is 0 Å². The third-order valence-corrected chi connectivity index (χ3v) is 2.97. The van der Waals surface area contributed by atoms with Crippen LogP contribution in [0.15, 0.2) is 24.3 Å². The van der Waals surface area contributed by atoms with Crippen molar-refractivity contribution in [3.63, 3.8) is 0 Å². The van der Waals surface area contributed by atoms with Gasteiger partial charge in [0.1, 0.15) is 17.3 Å². The van der Waals surface area contributed by atoms with Crippen LogP contribution in [0.3, 0.4) is 0 Å². The predicted octanol–water partition coefficient (Wildman–Crippen LogP) is 3.33. The molecule has 0 atom stereocenters. The number of benzene rings is 1. The lowest BCUT2D eigenvalue weighted by molar-refractivity contribution is 0.590. The largest absolute Gasteiger partial charge is 0.383 e. The Hall–Kier alpha value is -1.77. The van der Waals surface area contributed by atoms with Gasteiger partial charge in [0.15, 0.2) is 0 Å². The molecule has 2 N–H and O–H groups in total. The van der Waals surface area contributed by atoms with Gasteiger partial charge in [0.05, 0.1) is 0 Å². The van der Waals surface area contributed by atoms with E-state index in [9.17, 15) is 0 Å². The second kappa shape index (κ2) is 4.24. The maximum Gasteiger partial charge on any atom is 0.131 e. The molecule has 2 rings (SSSR count). The van der Waals surface area contributed by atoms with Crippen LogP contribution in [0.2, 0.25) is 0 Å². The number of hydrogen-bond acceptors (Lipinski definition) is 2. The molecule has 0 amide bonds. The van der Waals surface area contributed by atoms with Crippen LogP contribution < -0.4 is 5.73 Å². The molecule has 90 valence electrons. The van der Waals surface area contributed by atoms with Crippen LogP contribution in [-0.4, -0.2) is 9.55 Å². The molecule has 0 bridgehead atoms. The molecular formula is C14H19N3. The zero-order chi connectivity index (χ0) is 12.6. The molecule has 0 aliphatic heterocycles. The summed E-state index contributed by atoms with van der Waals surface area (Å²) in [6, 6.07) is 8.63. The van der Waals surface area contributed by atoms with Gasteiger partial charge in [-0.2, -0.15) is 0 Å². The van der Waals surface area contributed by atoms with E-state index in [1.807, 2.05) is 6.92 Å². The summed E-state index contributed by atoms with van der Waals surface area (Å²) in [6.07, 6.45) is 0. The number of nitrogens with two attached hydrogens (primary N) is 1. The van der Waals surface area contributed by atoms with E-state index in [4.69, 9.17) is 5.73 Å². The van der Waals surface area contributed by atoms with Gasteiger partial charge in [-0.15, -0.1) is 0 Å². The van der Waals surface area contributed by atoms with Gasteiger partial charge in [-0.05, 0) is 27.7 Å². The van der Waals surface area contributed by atoms with Crippen molar-refractivity contribution in [1.82, 2.24) is 9.55 Å². The summed E-state index contributed by atoms with van der Waals surface area (Å²) in [6.45, 7) is 8.30. The van der Waals surface area contributed by atoms with Gasteiger partial charge in [-0.25, -0.2) is 4.98 Å². The van der Waals surface area contributed by atoms with Crippen molar-refractivity contribution in [1.29, 1.82) is 0 Å². The molecule has 2 aromatic rings. The lowest BCUT2D eigenvalue weighted by atomic mass is 10.1. The molecule has 0 aliphatic rings. The van der Waals surface area contributed by atoms with Gasteiger partial charge < -0.3 is 10.3 Å². The average molecular weight is 229 g/mol. The smallest absolute Gasteiger partial charge is 0.131 e. The lowest BCUT2D eigenvalue weighted by Gasteiger charge is -2.11. The number of imidazole rings is 1. The Balaban J connectivity index is 2.53. The third-order valence-electron chi connectivity index (χ3n) is 2.97.